The van der Waals surface area contributed by atoms with E-state index in [2.05, 4.69) is 22.0 Å². The largest absolute Gasteiger partial charge is 0.369 e. The summed E-state index contributed by atoms with van der Waals surface area (Å²) >= 11 is 0. The van der Waals surface area contributed by atoms with E-state index >= 15 is 0 Å². The van der Waals surface area contributed by atoms with Crippen molar-refractivity contribution in [3.63, 3.8) is 0 Å². The maximum Gasteiger partial charge on any atom is 0.258 e. The predicted octanol–water partition coefficient (Wildman–Crippen LogP) is 2.68. The minimum absolute atomic E-state index is 0.275. The molecule has 1 saturated heterocycles. The van der Waals surface area contributed by atoms with E-state index < -0.39 is 10.0 Å². The van der Waals surface area contributed by atoms with Gasteiger partial charge in [-0.15, -0.1) is 0 Å². The summed E-state index contributed by atoms with van der Waals surface area (Å²) < 4.78 is 27.3. The van der Waals surface area contributed by atoms with Gasteiger partial charge in [-0.3, -0.25) is 0 Å². The lowest BCUT2D eigenvalue weighted by Gasteiger charge is -2.35. The maximum absolute atomic E-state index is 12.9. The summed E-state index contributed by atoms with van der Waals surface area (Å²) in [6, 6.07) is 19.4. The molecule has 1 aromatic heterocycles. The van der Waals surface area contributed by atoms with Crippen molar-refractivity contribution in [2.75, 3.05) is 31.1 Å². The zero-order valence-electron chi connectivity index (χ0n) is 13.2. The van der Waals surface area contributed by atoms with Crippen LogP contribution in [0, 0.1) is 0 Å². The number of sulfonamides is 1. The number of piperazine rings is 1. The van der Waals surface area contributed by atoms with Gasteiger partial charge in [0.1, 0.15) is 5.03 Å². The number of hydrogen-bond acceptors (Lipinski definition) is 3. The molecule has 5 nitrogen and oxygen atoms in total. The van der Waals surface area contributed by atoms with Crippen molar-refractivity contribution in [2.24, 2.45) is 0 Å². The summed E-state index contributed by atoms with van der Waals surface area (Å²) in [6.45, 7) is 2.38. The number of nitrogens with one attached hydrogen (secondary N) is 1. The smallest absolute Gasteiger partial charge is 0.258 e. The van der Waals surface area contributed by atoms with E-state index in [1.165, 1.54) is 0 Å². The van der Waals surface area contributed by atoms with Gasteiger partial charge in [0.05, 0.1) is 0 Å². The number of hydrogen-bond donors (Lipinski definition) is 1. The minimum atomic E-state index is -3.48. The highest BCUT2D eigenvalue weighted by Gasteiger charge is 2.29. The van der Waals surface area contributed by atoms with Crippen molar-refractivity contribution in [3.05, 3.63) is 60.7 Å². The van der Waals surface area contributed by atoms with Gasteiger partial charge in [-0.1, -0.05) is 36.4 Å². The molecule has 1 aliphatic rings. The first-order chi connectivity index (χ1) is 11.6. The van der Waals surface area contributed by atoms with Crippen LogP contribution in [0.15, 0.2) is 65.7 Å². The molecule has 0 atom stereocenters. The second-order valence-electron chi connectivity index (χ2n) is 5.95. The number of para-hydroxylation sites is 2. The number of benzene rings is 2. The summed E-state index contributed by atoms with van der Waals surface area (Å²) in [5, 5.41) is 1.19. The van der Waals surface area contributed by atoms with Crippen molar-refractivity contribution >= 4 is 26.6 Å². The Kier molecular flexibility index (Phi) is 3.78. The Balaban J connectivity index is 1.54. The van der Waals surface area contributed by atoms with Crippen molar-refractivity contribution in [2.45, 2.75) is 5.03 Å². The quantitative estimate of drug-likeness (QED) is 0.797. The van der Waals surface area contributed by atoms with Crippen LogP contribution in [0.3, 0.4) is 0 Å². The highest BCUT2D eigenvalue weighted by Crippen LogP contribution is 2.23. The average Bonchev–Trinajstić information content (AvgIpc) is 3.08. The third kappa shape index (κ3) is 2.68. The molecule has 0 aliphatic carbocycles. The van der Waals surface area contributed by atoms with Crippen molar-refractivity contribution < 1.29 is 8.42 Å². The Labute approximate surface area is 141 Å². The van der Waals surface area contributed by atoms with E-state index in [1.807, 2.05) is 42.5 Å². The predicted molar refractivity (Wildman–Crippen MR) is 95.7 cm³/mol. The fraction of sp³-hybridized carbons (Fsp3) is 0.222. The fourth-order valence-electron chi connectivity index (χ4n) is 3.15. The second-order valence-corrected chi connectivity index (χ2v) is 7.85. The van der Waals surface area contributed by atoms with Gasteiger partial charge in [0.2, 0.25) is 0 Å². The molecule has 2 heterocycles. The van der Waals surface area contributed by atoms with Crippen LogP contribution in [0.5, 0.6) is 0 Å². The van der Waals surface area contributed by atoms with E-state index in [9.17, 15) is 8.42 Å². The van der Waals surface area contributed by atoms with Crippen LogP contribution < -0.4 is 4.90 Å². The van der Waals surface area contributed by atoms with Crippen LogP contribution in [0.1, 0.15) is 0 Å². The molecular weight excluding hydrogens is 322 g/mol. The molecule has 124 valence electrons. The number of nitrogens with zero attached hydrogens (tertiary/aromatic N) is 2. The Morgan fingerprint density at radius 1 is 0.833 bits per heavy atom. The van der Waals surface area contributed by atoms with E-state index in [1.54, 1.807) is 10.4 Å². The Morgan fingerprint density at radius 3 is 2.21 bits per heavy atom. The first-order valence-electron chi connectivity index (χ1n) is 8.02. The summed E-state index contributed by atoms with van der Waals surface area (Å²) in [5.41, 5.74) is 1.99. The number of aromatic amines is 1. The Bertz CT molecular complexity index is 910. The molecule has 0 radical (unpaired) electrons. The number of fused-ring (bicyclic) bond motifs is 1. The molecule has 0 unspecified atom stereocenters. The molecular formula is C18H19N3O2S. The molecule has 24 heavy (non-hydrogen) atoms. The average molecular weight is 341 g/mol. The summed E-state index contributed by atoms with van der Waals surface area (Å²) in [4.78, 5) is 5.25. The third-order valence-corrected chi connectivity index (χ3v) is 6.30. The lowest BCUT2D eigenvalue weighted by Crippen LogP contribution is -2.48. The fourth-order valence-corrected chi connectivity index (χ4v) is 4.59. The van der Waals surface area contributed by atoms with Gasteiger partial charge in [0, 0.05) is 42.8 Å². The first kappa shape index (κ1) is 15.2. The molecule has 2 aromatic carbocycles. The minimum Gasteiger partial charge on any atom is -0.369 e. The van der Waals surface area contributed by atoms with Gasteiger partial charge in [-0.2, -0.15) is 4.31 Å². The van der Waals surface area contributed by atoms with Gasteiger partial charge >= 0.3 is 0 Å². The highest BCUT2D eigenvalue weighted by atomic mass is 32.2. The molecule has 0 saturated carbocycles. The maximum atomic E-state index is 12.9. The van der Waals surface area contributed by atoms with Crippen molar-refractivity contribution in [1.29, 1.82) is 0 Å². The number of anilines is 1. The zero-order chi connectivity index (χ0) is 16.6. The standard InChI is InChI=1S/C18H19N3O2S/c22-24(23,18-14-15-6-4-5-9-17(15)19-18)21-12-10-20(11-13-21)16-7-2-1-3-8-16/h1-9,14,19H,10-13H2. The third-order valence-electron chi connectivity index (χ3n) is 4.48. The molecule has 3 aromatic rings. The molecule has 0 amide bonds. The molecule has 0 bridgehead atoms. The molecule has 6 heteroatoms. The van der Waals surface area contributed by atoms with Crippen LogP contribution in [0.4, 0.5) is 5.69 Å². The van der Waals surface area contributed by atoms with Crippen LogP contribution >= 0.6 is 0 Å². The lowest BCUT2D eigenvalue weighted by molar-refractivity contribution is 0.384. The van der Waals surface area contributed by atoms with E-state index in [4.69, 9.17) is 0 Å². The molecule has 1 N–H and O–H groups in total. The van der Waals surface area contributed by atoms with Crippen LogP contribution in [-0.2, 0) is 10.0 Å². The zero-order valence-corrected chi connectivity index (χ0v) is 14.0. The van der Waals surface area contributed by atoms with Gasteiger partial charge < -0.3 is 9.88 Å². The highest BCUT2D eigenvalue weighted by molar-refractivity contribution is 7.89. The number of rotatable bonds is 3. The van der Waals surface area contributed by atoms with E-state index in [-0.39, 0.29) is 5.03 Å². The van der Waals surface area contributed by atoms with Crippen molar-refractivity contribution in [1.82, 2.24) is 9.29 Å². The van der Waals surface area contributed by atoms with Gasteiger partial charge in [0.25, 0.3) is 10.0 Å². The lowest BCUT2D eigenvalue weighted by atomic mass is 10.2. The summed E-state index contributed by atoms with van der Waals surface area (Å²) in [5.74, 6) is 0. The molecule has 0 spiro atoms. The second kappa shape index (κ2) is 5.96. The van der Waals surface area contributed by atoms with E-state index in [0.29, 0.717) is 26.2 Å². The Morgan fingerprint density at radius 2 is 1.50 bits per heavy atom. The summed E-state index contributed by atoms with van der Waals surface area (Å²) in [6.07, 6.45) is 0. The van der Waals surface area contributed by atoms with Gasteiger partial charge in [-0.05, 0) is 24.3 Å². The molecule has 1 aliphatic heterocycles. The van der Waals surface area contributed by atoms with Gasteiger partial charge in [0.15, 0.2) is 0 Å². The number of H-pyrrole nitrogens is 1. The van der Waals surface area contributed by atoms with Crippen LogP contribution in [-0.4, -0.2) is 43.9 Å². The molecule has 4 rings (SSSR count). The first-order valence-corrected chi connectivity index (χ1v) is 9.46. The molecule has 1 fully saturated rings. The van der Waals surface area contributed by atoms with Gasteiger partial charge in [-0.25, -0.2) is 8.42 Å². The Hall–Kier alpha value is -2.31. The number of aromatic nitrogens is 1. The SMILES string of the molecule is O=S(=O)(c1cc2ccccc2[nH]1)N1CCN(c2ccccc2)CC1. The van der Waals surface area contributed by atoms with Crippen molar-refractivity contribution in [3.8, 4) is 0 Å². The topological polar surface area (TPSA) is 56.4 Å². The van der Waals surface area contributed by atoms with Crippen LogP contribution in [0.25, 0.3) is 10.9 Å². The normalized spacial score (nSPS) is 16.6. The monoisotopic (exact) mass is 341 g/mol. The van der Waals surface area contributed by atoms with Crippen LogP contribution in [0.2, 0.25) is 0 Å². The summed E-state index contributed by atoms with van der Waals surface area (Å²) in [7, 11) is -3.48. The van der Waals surface area contributed by atoms with E-state index in [0.717, 1.165) is 16.6 Å².